The molecule has 6 rings (SSSR count). The Labute approximate surface area is 194 Å². The predicted molar refractivity (Wildman–Crippen MR) is 135 cm³/mol. The van der Waals surface area contributed by atoms with Crippen LogP contribution in [0.25, 0.3) is 10.8 Å². The standard InChI is InChI=1S/C31H39N/c1-4-21-5-8-26-18-23-11-15-31(3)28(24-7-6-22-13-16-32-20-25(22)17-24)9-10-29(31)27(23)12-14-30(26,2)19-21/h6-8,13,16-18,20-21,27-29H,4-5,9-12,14-15,19H2,1-3H3. The molecule has 4 aliphatic carbocycles. The topological polar surface area (TPSA) is 12.9 Å². The number of benzene rings is 1. The van der Waals surface area contributed by atoms with E-state index in [-0.39, 0.29) is 0 Å². The zero-order chi connectivity index (χ0) is 21.9. The van der Waals surface area contributed by atoms with E-state index in [2.05, 4.69) is 62.2 Å². The van der Waals surface area contributed by atoms with Crippen molar-refractivity contribution in [2.75, 3.05) is 0 Å². The number of pyridine rings is 1. The maximum absolute atomic E-state index is 4.38. The van der Waals surface area contributed by atoms with Crippen LogP contribution in [-0.2, 0) is 0 Å². The van der Waals surface area contributed by atoms with Gasteiger partial charge in [-0.15, -0.1) is 0 Å². The first-order valence-electron chi connectivity index (χ1n) is 13.2. The molecule has 0 bridgehead atoms. The average molecular weight is 426 g/mol. The summed E-state index contributed by atoms with van der Waals surface area (Å²) in [6.45, 7) is 7.61. The SMILES string of the molecule is CCC1CC=C2C=C3CCC4(C)C(c5ccc6ccncc6c5)CCC4C3CCC2(C)C1. The van der Waals surface area contributed by atoms with Gasteiger partial charge in [-0.05, 0) is 115 Å². The molecule has 1 nitrogen and oxygen atoms in total. The predicted octanol–water partition coefficient (Wildman–Crippen LogP) is 8.62. The Balaban J connectivity index is 1.31. The summed E-state index contributed by atoms with van der Waals surface area (Å²) in [6, 6.07) is 9.33. The van der Waals surface area contributed by atoms with Crippen LogP contribution in [0.4, 0.5) is 0 Å². The molecule has 0 N–H and O–H groups in total. The van der Waals surface area contributed by atoms with Crippen molar-refractivity contribution in [3.63, 3.8) is 0 Å². The van der Waals surface area contributed by atoms with Crippen LogP contribution in [0.15, 0.2) is 60.0 Å². The van der Waals surface area contributed by atoms with Gasteiger partial charge >= 0.3 is 0 Å². The fraction of sp³-hybridized carbons (Fsp3) is 0.581. The Hall–Kier alpha value is -1.89. The average Bonchev–Trinajstić information content (AvgIpc) is 3.08. The molecule has 1 aromatic carbocycles. The molecule has 2 fully saturated rings. The first-order valence-corrected chi connectivity index (χ1v) is 13.2. The minimum Gasteiger partial charge on any atom is -0.264 e. The van der Waals surface area contributed by atoms with Gasteiger partial charge in [-0.25, -0.2) is 0 Å². The monoisotopic (exact) mass is 425 g/mol. The van der Waals surface area contributed by atoms with Gasteiger partial charge in [0.25, 0.3) is 0 Å². The highest BCUT2D eigenvalue weighted by Crippen LogP contribution is 2.64. The van der Waals surface area contributed by atoms with Gasteiger partial charge in [-0.2, -0.15) is 0 Å². The molecule has 0 aliphatic heterocycles. The highest BCUT2D eigenvalue weighted by atomic mass is 14.6. The molecule has 1 heteroatoms. The van der Waals surface area contributed by atoms with Crippen LogP contribution < -0.4 is 0 Å². The second-order valence-corrected chi connectivity index (χ2v) is 12.0. The smallest absolute Gasteiger partial charge is 0.0346 e. The van der Waals surface area contributed by atoms with Crippen molar-refractivity contribution in [3.05, 3.63) is 65.5 Å². The third kappa shape index (κ3) is 3.14. The van der Waals surface area contributed by atoms with Crippen LogP contribution in [0, 0.1) is 28.6 Å². The van der Waals surface area contributed by atoms with E-state index in [9.17, 15) is 0 Å². The highest BCUT2D eigenvalue weighted by molar-refractivity contribution is 5.82. The quantitative estimate of drug-likeness (QED) is 0.469. The first kappa shape index (κ1) is 20.7. The number of rotatable bonds is 2. The Kier molecular flexibility index (Phi) is 4.90. The van der Waals surface area contributed by atoms with Crippen molar-refractivity contribution in [2.24, 2.45) is 28.6 Å². The molecule has 1 heterocycles. The number of hydrogen-bond donors (Lipinski definition) is 0. The van der Waals surface area contributed by atoms with Crippen molar-refractivity contribution in [1.82, 2.24) is 4.98 Å². The van der Waals surface area contributed by atoms with Crippen molar-refractivity contribution in [3.8, 4) is 0 Å². The summed E-state index contributed by atoms with van der Waals surface area (Å²) in [7, 11) is 0. The Morgan fingerprint density at radius 2 is 1.94 bits per heavy atom. The maximum atomic E-state index is 4.38. The second-order valence-electron chi connectivity index (χ2n) is 12.0. The molecular formula is C31H39N. The van der Waals surface area contributed by atoms with Crippen molar-refractivity contribution in [2.45, 2.75) is 84.5 Å². The number of fused-ring (bicyclic) bond motifs is 5. The minimum atomic E-state index is 0.420. The van der Waals surface area contributed by atoms with E-state index >= 15 is 0 Å². The third-order valence-electron chi connectivity index (χ3n) is 10.4. The van der Waals surface area contributed by atoms with Gasteiger partial charge in [-0.1, -0.05) is 57.0 Å². The van der Waals surface area contributed by atoms with Crippen LogP contribution in [0.2, 0.25) is 0 Å². The van der Waals surface area contributed by atoms with Crippen LogP contribution in [0.1, 0.15) is 90.0 Å². The minimum absolute atomic E-state index is 0.420. The molecule has 4 aliphatic rings. The van der Waals surface area contributed by atoms with Gasteiger partial charge < -0.3 is 0 Å². The van der Waals surface area contributed by atoms with E-state index in [1.54, 1.807) is 16.7 Å². The number of aromatic nitrogens is 1. The van der Waals surface area contributed by atoms with E-state index in [0.29, 0.717) is 16.7 Å². The molecule has 168 valence electrons. The summed E-state index contributed by atoms with van der Waals surface area (Å²) >= 11 is 0. The lowest BCUT2D eigenvalue weighted by atomic mass is 9.58. The van der Waals surface area contributed by atoms with Crippen LogP contribution >= 0.6 is 0 Å². The Morgan fingerprint density at radius 1 is 1.03 bits per heavy atom. The van der Waals surface area contributed by atoms with Crippen molar-refractivity contribution < 1.29 is 0 Å². The summed E-state index contributed by atoms with van der Waals surface area (Å²) in [5.74, 6) is 3.25. The van der Waals surface area contributed by atoms with Crippen LogP contribution in [0.5, 0.6) is 0 Å². The fourth-order valence-corrected chi connectivity index (χ4v) is 8.42. The largest absolute Gasteiger partial charge is 0.264 e. The van der Waals surface area contributed by atoms with Crippen LogP contribution in [-0.4, -0.2) is 4.98 Å². The second kappa shape index (κ2) is 7.57. The molecule has 0 radical (unpaired) electrons. The molecule has 0 spiro atoms. The number of allylic oxidation sites excluding steroid dienone is 4. The van der Waals surface area contributed by atoms with Gasteiger partial charge in [0.05, 0.1) is 0 Å². The molecular weight excluding hydrogens is 386 g/mol. The molecule has 32 heavy (non-hydrogen) atoms. The summed E-state index contributed by atoms with van der Waals surface area (Å²) in [6.07, 6.45) is 21.6. The Bertz CT molecular complexity index is 1090. The zero-order valence-corrected chi connectivity index (χ0v) is 20.2. The van der Waals surface area contributed by atoms with E-state index in [0.717, 1.165) is 17.8 Å². The van der Waals surface area contributed by atoms with Crippen LogP contribution in [0.3, 0.4) is 0 Å². The molecule has 1 aromatic heterocycles. The lowest BCUT2D eigenvalue weighted by Gasteiger charge is -2.46. The molecule has 0 amide bonds. The van der Waals surface area contributed by atoms with Gasteiger partial charge in [-0.3, -0.25) is 4.98 Å². The van der Waals surface area contributed by atoms with Crippen molar-refractivity contribution in [1.29, 1.82) is 0 Å². The van der Waals surface area contributed by atoms with E-state index in [4.69, 9.17) is 0 Å². The van der Waals surface area contributed by atoms with Crippen molar-refractivity contribution >= 4 is 10.8 Å². The van der Waals surface area contributed by atoms with Gasteiger partial charge in [0.15, 0.2) is 0 Å². The summed E-state index contributed by atoms with van der Waals surface area (Å²) in [4.78, 5) is 4.38. The van der Waals surface area contributed by atoms with E-state index in [1.807, 2.05) is 12.4 Å². The lowest BCUT2D eigenvalue weighted by Crippen LogP contribution is -2.37. The molecule has 0 saturated heterocycles. The molecule has 6 unspecified atom stereocenters. The Morgan fingerprint density at radius 3 is 2.81 bits per heavy atom. The van der Waals surface area contributed by atoms with Gasteiger partial charge in [0.1, 0.15) is 0 Å². The van der Waals surface area contributed by atoms with E-state index in [1.165, 1.54) is 68.6 Å². The fourth-order valence-electron chi connectivity index (χ4n) is 8.42. The molecule has 6 atom stereocenters. The van der Waals surface area contributed by atoms with E-state index < -0.39 is 0 Å². The normalized spacial score (nSPS) is 38.8. The molecule has 2 saturated carbocycles. The lowest BCUT2D eigenvalue weighted by molar-refractivity contribution is 0.0998. The summed E-state index contributed by atoms with van der Waals surface area (Å²) in [5, 5.41) is 2.62. The maximum Gasteiger partial charge on any atom is 0.0346 e. The third-order valence-corrected chi connectivity index (χ3v) is 10.4. The highest BCUT2D eigenvalue weighted by Gasteiger charge is 2.53. The number of nitrogens with zero attached hydrogens (tertiary/aromatic N) is 1. The van der Waals surface area contributed by atoms with Gasteiger partial charge in [0.2, 0.25) is 0 Å². The van der Waals surface area contributed by atoms with Gasteiger partial charge in [0, 0.05) is 17.8 Å². The summed E-state index contributed by atoms with van der Waals surface area (Å²) < 4.78 is 0. The zero-order valence-electron chi connectivity index (χ0n) is 20.2. The number of hydrogen-bond acceptors (Lipinski definition) is 1. The first-order chi connectivity index (χ1) is 15.5. The summed E-state index contributed by atoms with van der Waals surface area (Å²) in [5.41, 5.74) is 5.92. The molecule has 2 aromatic rings.